The zero-order chi connectivity index (χ0) is 21.3. The summed E-state index contributed by atoms with van der Waals surface area (Å²) in [6.07, 6.45) is 0. The summed E-state index contributed by atoms with van der Waals surface area (Å²) in [6.45, 7) is 0. The van der Waals surface area contributed by atoms with Crippen LogP contribution in [0.2, 0.25) is 0 Å². The summed E-state index contributed by atoms with van der Waals surface area (Å²) < 4.78 is 2.08. The first kappa shape index (κ1) is 22.2. The van der Waals surface area contributed by atoms with Crippen molar-refractivity contribution in [3.05, 3.63) is 92.9 Å². The number of carbonyl (C=O) groups is 1. The van der Waals surface area contributed by atoms with Crippen LogP contribution in [0.15, 0.2) is 81.7 Å². The van der Waals surface area contributed by atoms with E-state index in [1.165, 1.54) is 0 Å². The molecule has 2 unspecified atom stereocenters. The Kier molecular flexibility index (Phi) is 7.13. The number of benzene rings is 4. The minimum absolute atomic E-state index is 0.212. The fraction of sp³-hybridized carbons (Fsp3) is 0.160. The minimum atomic E-state index is -0.243. The van der Waals surface area contributed by atoms with Crippen LogP contribution < -0.4 is 0 Å². The summed E-state index contributed by atoms with van der Waals surface area (Å²) in [7, 11) is 0. The normalized spacial score (nSPS) is 13.5. The van der Waals surface area contributed by atoms with E-state index in [1.807, 2.05) is 36.4 Å². The van der Waals surface area contributed by atoms with E-state index < -0.39 is 0 Å². The van der Waals surface area contributed by atoms with E-state index in [2.05, 4.69) is 100 Å². The Labute approximate surface area is 209 Å². The number of hydrogen-bond acceptors (Lipinski definition) is 1. The molecule has 4 aromatic carbocycles. The summed E-state index contributed by atoms with van der Waals surface area (Å²) in [5.41, 5.74) is 2.12. The van der Waals surface area contributed by atoms with Crippen molar-refractivity contribution in [2.75, 3.05) is 10.7 Å². The van der Waals surface area contributed by atoms with Gasteiger partial charge in [-0.1, -0.05) is 124 Å². The molecule has 30 heavy (non-hydrogen) atoms. The Bertz CT molecular complexity index is 1140. The molecule has 1 nitrogen and oxygen atoms in total. The van der Waals surface area contributed by atoms with Crippen LogP contribution in [0.3, 0.4) is 0 Å². The molecular weight excluding hydrogens is 636 g/mol. The molecule has 0 amide bonds. The van der Waals surface area contributed by atoms with Crippen molar-refractivity contribution in [1.29, 1.82) is 0 Å². The average Bonchev–Trinajstić information content (AvgIpc) is 2.76. The second-order valence-electron chi connectivity index (χ2n) is 7.18. The number of Topliss-reactive ketones (excluding diaryl/α,β-unsaturated/α-hetero) is 1. The molecule has 0 bridgehead atoms. The fourth-order valence-electron chi connectivity index (χ4n) is 4.07. The highest BCUT2D eigenvalue weighted by molar-refractivity contribution is 9.11. The van der Waals surface area contributed by atoms with Crippen LogP contribution in [0.4, 0.5) is 0 Å². The molecule has 0 saturated heterocycles. The van der Waals surface area contributed by atoms with Gasteiger partial charge < -0.3 is 0 Å². The zero-order valence-corrected chi connectivity index (χ0v) is 22.3. The molecule has 0 aliphatic carbocycles. The average molecular weight is 654 g/mol. The predicted molar refractivity (Wildman–Crippen MR) is 141 cm³/mol. The molecule has 0 spiro atoms. The van der Waals surface area contributed by atoms with Crippen LogP contribution in [-0.4, -0.2) is 16.4 Å². The largest absolute Gasteiger partial charge is 0.298 e. The summed E-state index contributed by atoms with van der Waals surface area (Å²) in [5, 5.41) is 5.62. The molecule has 0 fully saturated rings. The number of ketones is 1. The predicted octanol–water partition coefficient (Wildman–Crippen LogP) is 8.74. The third-order valence-corrected chi connectivity index (χ3v) is 8.23. The van der Waals surface area contributed by atoms with E-state index in [0.717, 1.165) is 41.6 Å². The lowest BCUT2D eigenvalue weighted by Gasteiger charge is -2.23. The standard InChI is InChI=1S/C25H18Br4O/c26-13-21(17-5-1-9-19-15(17)7-3-11-23(19)28)25(30)22(14-27)18-6-2-10-20-16(18)8-4-12-24(20)29/h1-12,21-22H,13-14H2. The van der Waals surface area contributed by atoms with Gasteiger partial charge in [0, 0.05) is 19.6 Å². The first-order valence-corrected chi connectivity index (χ1v) is 13.4. The first-order chi connectivity index (χ1) is 14.6. The van der Waals surface area contributed by atoms with E-state index in [-0.39, 0.29) is 17.6 Å². The molecule has 2 atom stereocenters. The van der Waals surface area contributed by atoms with Gasteiger partial charge in [-0.2, -0.15) is 0 Å². The van der Waals surface area contributed by atoms with E-state index in [9.17, 15) is 4.79 Å². The van der Waals surface area contributed by atoms with Crippen molar-refractivity contribution >= 4 is 91.0 Å². The van der Waals surface area contributed by atoms with Gasteiger partial charge in [0.25, 0.3) is 0 Å². The van der Waals surface area contributed by atoms with E-state index >= 15 is 0 Å². The van der Waals surface area contributed by atoms with Crippen molar-refractivity contribution in [3.63, 3.8) is 0 Å². The van der Waals surface area contributed by atoms with Gasteiger partial charge in [0.15, 0.2) is 0 Å². The third-order valence-electron chi connectivity index (χ3n) is 5.55. The van der Waals surface area contributed by atoms with Crippen LogP contribution in [0, 0.1) is 0 Å². The molecular formula is C25H18Br4O. The van der Waals surface area contributed by atoms with Crippen molar-refractivity contribution in [3.8, 4) is 0 Å². The molecule has 0 heterocycles. The van der Waals surface area contributed by atoms with Gasteiger partial charge in [-0.15, -0.1) is 0 Å². The molecule has 0 N–H and O–H groups in total. The maximum absolute atomic E-state index is 13.9. The summed E-state index contributed by atoms with van der Waals surface area (Å²) >= 11 is 14.6. The molecule has 5 heteroatoms. The van der Waals surface area contributed by atoms with Gasteiger partial charge in [-0.25, -0.2) is 0 Å². The summed E-state index contributed by atoms with van der Waals surface area (Å²) in [4.78, 5) is 13.9. The van der Waals surface area contributed by atoms with Crippen LogP contribution in [0.1, 0.15) is 23.0 Å². The SMILES string of the molecule is O=C(C(CBr)c1cccc2c(Br)cccc12)C(CBr)c1cccc2c(Br)cccc12. The van der Waals surface area contributed by atoms with Gasteiger partial charge in [0.05, 0.1) is 11.8 Å². The topological polar surface area (TPSA) is 17.1 Å². The summed E-state index contributed by atoms with van der Waals surface area (Å²) in [5.74, 6) is -0.274. The highest BCUT2D eigenvalue weighted by Gasteiger charge is 2.30. The van der Waals surface area contributed by atoms with Gasteiger partial charge in [-0.3, -0.25) is 4.79 Å². The maximum atomic E-state index is 13.9. The summed E-state index contributed by atoms with van der Waals surface area (Å²) in [6, 6.07) is 24.7. The van der Waals surface area contributed by atoms with Crippen LogP contribution in [-0.2, 0) is 4.79 Å². The lowest BCUT2D eigenvalue weighted by molar-refractivity contribution is -0.120. The van der Waals surface area contributed by atoms with E-state index in [4.69, 9.17) is 0 Å². The maximum Gasteiger partial charge on any atom is 0.149 e. The van der Waals surface area contributed by atoms with Gasteiger partial charge in [-0.05, 0) is 44.8 Å². The molecule has 152 valence electrons. The molecule has 0 aliphatic rings. The Balaban J connectivity index is 1.83. The zero-order valence-electron chi connectivity index (χ0n) is 15.9. The highest BCUT2D eigenvalue weighted by atomic mass is 79.9. The minimum Gasteiger partial charge on any atom is -0.298 e. The number of hydrogen-bond donors (Lipinski definition) is 0. The fourth-order valence-corrected chi connectivity index (χ4v) is 6.40. The monoisotopic (exact) mass is 650 g/mol. The quantitative estimate of drug-likeness (QED) is 0.190. The van der Waals surface area contributed by atoms with Crippen LogP contribution in [0.25, 0.3) is 21.5 Å². The number of carbonyl (C=O) groups excluding carboxylic acids is 1. The van der Waals surface area contributed by atoms with Crippen molar-refractivity contribution in [2.45, 2.75) is 11.8 Å². The van der Waals surface area contributed by atoms with Crippen molar-refractivity contribution < 1.29 is 4.79 Å². The number of rotatable bonds is 6. The van der Waals surface area contributed by atoms with Crippen LogP contribution in [0.5, 0.6) is 0 Å². The van der Waals surface area contributed by atoms with Crippen molar-refractivity contribution in [2.24, 2.45) is 0 Å². The second-order valence-corrected chi connectivity index (χ2v) is 10.2. The van der Waals surface area contributed by atoms with E-state index in [0.29, 0.717) is 10.7 Å². The molecule has 0 saturated carbocycles. The smallest absolute Gasteiger partial charge is 0.149 e. The second kappa shape index (κ2) is 9.64. The molecule has 4 rings (SSSR count). The lowest BCUT2D eigenvalue weighted by Crippen LogP contribution is -2.23. The van der Waals surface area contributed by atoms with Crippen molar-refractivity contribution in [1.82, 2.24) is 0 Å². The van der Waals surface area contributed by atoms with Gasteiger partial charge in [0.2, 0.25) is 0 Å². The van der Waals surface area contributed by atoms with E-state index in [1.54, 1.807) is 0 Å². The Morgan fingerprint density at radius 1 is 0.600 bits per heavy atom. The van der Waals surface area contributed by atoms with Gasteiger partial charge in [0.1, 0.15) is 5.78 Å². The number of fused-ring (bicyclic) bond motifs is 2. The van der Waals surface area contributed by atoms with Gasteiger partial charge >= 0.3 is 0 Å². The molecule has 4 aromatic rings. The Morgan fingerprint density at radius 2 is 0.967 bits per heavy atom. The first-order valence-electron chi connectivity index (χ1n) is 9.56. The lowest BCUT2D eigenvalue weighted by atomic mass is 9.82. The Morgan fingerprint density at radius 3 is 1.37 bits per heavy atom. The molecule has 0 aliphatic heterocycles. The Hall–Kier alpha value is -1.01. The number of halogens is 4. The molecule has 0 aromatic heterocycles. The highest BCUT2D eigenvalue weighted by Crippen LogP contribution is 2.37. The number of alkyl halides is 2. The van der Waals surface area contributed by atoms with Crippen LogP contribution >= 0.6 is 63.7 Å². The molecule has 0 radical (unpaired) electrons. The third kappa shape index (κ3) is 4.06.